The topological polar surface area (TPSA) is 75.0 Å². The summed E-state index contributed by atoms with van der Waals surface area (Å²) >= 11 is 0. The molecular weight excluding hydrogens is 430 g/mol. The van der Waals surface area contributed by atoms with Crippen LogP contribution in [0.2, 0.25) is 0 Å². The van der Waals surface area contributed by atoms with Crippen molar-refractivity contribution in [2.45, 2.75) is 32.1 Å². The lowest BCUT2D eigenvalue weighted by Crippen LogP contribution is -2.44. The summed E-state index contributed by atoms with van der Waals surface area (Å²) in [4.78, 5) is 29.5. The van der Waals surface area contributed by atoms with Crippen molar-refractivity contribution in [2.24, 2.45) is 0 Å². The van der Waals surface area contributed by atoms with E-state index in [2.05, 4.69) is 22.3 Å². The standard InChI is InChI=1S/C27H31N3O4/c1-29(25-12-6-5-11-24(25)27(32)28-18-23-10-7-17-33-23)26(31)19-30-15-13-22(14-16-30)34-20-21-8-3-2-4-9-21/h2-12,17,22H,13-16,18-20H2,1H3,(H,28,32). The molecule has 0 saturated carbocycles. The van der Waals surface area contributed by atoms with Gasteiger partial charge in [-0.05, 0) is 42.7 Å². The van der Waals surface area contributed by atoms with Crippen LogP contribution in [0.3, 0.4) is 0 Å². The molecule has 2 heterocycles. The molecule has 1 aliphatic rings. The van der Waals surface area contributed by atoms with Crippen LogP contribution in [0.5, 0.6) is 0 Å². The number of likely N-dealkylation sites (tertiary alicyclic amines) is 1. The number of hydrogen-bond donors (Lipinski definition) is 1. The van der Waals surface area contributed by atoms with Crippen LogP contribution in [-0.4, -0.2) is 49.5 Å². The lowest BCUT2D eigenvalue weighted by atomic mass is 10.1. The molecule has 1 N–H and O–H groups in total. The number of likely N-dealkylation sites (N-methyl/N-ethyl adjacent to an activating group) is 1. The number of nitrogens with one attached hydrogen (secondary N) is 1. The fraction of sp³-hybridized carbons (Fsp3) is 0.333. The van der Waals surface area contributed by atoms with E-state index in [0.717, 1.165) is 25.9 Å². The van der Waals surface area contributed by atoms with Crippen molar-refractivity contribution < 1.29 is 18.7 Å². The molecule has 0 spiro atoms. The molecule has 0 unspecified atom stereocenters. The predicted molar refractivity (Wildman–Crippen MR) is 130 cm³/mol. The molecule has 0 atom stereocenters. The van der Waals surface area contributed by atoms with E-state index < -0.39 is 0 Å². The lowest BCUT2D eigenvalue weighted by Gasteiger charge is -2.32. The number of carbonyl (C=O) groups excluding carboxylic acids is 2. The van der Waals surface area contributed by atoms with E-state index in [1.54, 1.807) is 48.5 Å². The molecule has 1 aliphatic heterocycles. The maximum atomic E-state index is 13.0. The van der Waals surface area contributed by atoms with Crippen LogP contribution in [0.25, 0.3) is 0 Å². The Morgan fingerprint density at radius 1 is 1.03 bits per heavy atom. The summed E-state index contributed by atoms with van der Waals surface area (Å²) in [5.74, 6) is 0.379. The van der Waals surface area contributed by atoms with Crippen LogP contribution in [0.1, 0.15) is 34.5 Å². The molecule has 1 aromatic heterocycles. The fourth-order valence-corrected chi connectivity index (χ4v) is 4.09. The van der Waals surface area contributed by atoms with Crippen LogP contribution < -0.4 is 10.2 Å². The molecule has 7 heteroatoms. The number of rotatable bonds is 9. The molecule has 1 fully saturated rings. The zero-order valence-corrected chi connectivity index (χ0v) is 19.5. The predicted octanol–water partition coefficient (Wildman–Crippen LogP) is 3.85. The van der Waals surface area contributed by atoms with E-state index in [1.165, 1.54) is 5.56 Å². The van der Waals surface area contributed by atoms with Crippen molar-refractivity contribution in [1.29, 1.82) is 0 Å². The van der Waals surface area contributed by atoms with Crippen molar-refractivity contribution in [2.75, 3.05) is 31.6 Å². The van der Waals surface area contributed by atoms with E-state index >= 15 is 0 Å². The largest absolute Gasteiger partial charge is 0.467 e. The molecule has 1 saturated heterocycles. The van der Waals surface area contributed by atoms with Gasteiger partial charge < -0.3 is 19.4 Å². The number of nitrogens with zero attached hydrogens (tertiary/aromatic N) is 2. The first-order valence-electron chi connectivity index (χ1n) is 11.6. The summed E-state index contributed by atoms with van der Waals surface area (Å²) in [5, 5.41) is 2.85. The van der Waals surface area contributed by atoms with Gasteiger partial charge in [-0.1, -0.05) is 42.5 Å². The second kappa shape index (κ2) is 11.6. The number of anilines is 1. The Morgan fingerprint density at radius 2 is 1.76 bits per heavy atom. The Hall–Kier alpha value is -3.42. The van der Waals surface area contributed by atoms with Crippen molar-refractivity contribution in [3.63, 3.8) is 0 Å². The van der Waals surface area contributed by atoms with Crippen molar-refractivity contribution >= 4 is 17.5 Å². The number of furan rings is 1. The lowest BCUT2D eigenvalue weighted by molar-refractivity contribution is -0.120. The van der Waals surface area contributed by atoms with Crippen LogP contribution >= 0.6 is 0 Å². The van der Waals surface area contributed by atoms with Gasteiger partial charge in [-0.15, -0.1) is 0 Å². The van der Waals surface area contributed by atoms with Gasteiger partial charge in [0.1, 0.15) is 5.76 Å². The Balaban J connectivity index is 1.27. The molecule has 178 valence electrons. The van der Waals surface area contributed by atoms with Gasteiger partial charge in [0, 0.05) is 20.1 Å². The highest BCUT2D eigenvalue weighted by Gasteiger charge is 2.24. The zero-order chi connectivity index (χ0) is 23.8. The number of piperidine rings is 1. The van der Waals surface area contributed by atoms with E-state index in [1.807, 2.05) is 24.3 Å². The summed E-state index contributed by atoms with van der Waals surface area (Å²) < 4.78 is 11.3. The van der Waals surface area contributed by atoms with Gasteiger partial charge in [-0.2, -0.15) is 0 Å². The maximum Gasteiger partial charge on any atom is 0.253 e. The fourth-order valence-electron chi connectivity index (χ4n) is 4.09. The molecule has 0 bridgehead atoms. The second-order valence-corrected chi connectivity index (χ2v) is 8.50. The molecule has 2 aromatic carbocycles. The molecule has 34 heavy (non-hydrogen) atoms. The number of carbonyl (C=O) groups is 2. The summed E-state index contributed by atoms with van der Waals surface area (Å²) in [5.41, 5.74) is 2.22. The Bertz CT molecular complexity index is 1060. The van der Waals surface area contributed by atoms with E-state index in [0.29, 0.717) is 36.7 Å². The number of benzene rings is 2. The van der Waals surface area contributed by atoms with E-state index in [4.69, 9.17) is 9.15 Å². The van der Waals surface area contributed by atoms with Gasteiger partial charge in [0.25, 0.3) is 5.91 Å². The van der Waals surface area contributed by atoms with Gasteiger partial charge in [0.15, 0.2) is 0 Å². The normalized spacial score (nSPS) is 14.6. The van der Waals surface area contributed by atoms with Crippen LogP contribution in [-0.2, 0) is 22.7 Å². The van der Waals surface area contributed by atoms with Crippen molar-refractivity contribution in [1.82, 2.24) is 10.2 Å². The highest BCUT2D eigenvalue weighted by Crippen LogP contribution is 2.21. The Kier molecular flexibility index (Phi) is 8.12. The molecular formula is C27H31N3O4. The first kappa shape index (κ1) is 23.7. The smallest absolute Gasteiger partial charge is 0.253 e. The average Bonchev–Trinajstić information content (AvgIpc) is 3.41. The average molecular weight is 462 g/mol. The third-order valence-corrected chi connectivity index (χ3v) is 6.11. The molecule has 0 aliphatic carbocycles. The monoisotopic (exact) mass is 461 g/mol. The van der Waals surface area contributed by atoms with Crippen molar-refractivity contribution in [3.8, 4) is 0 Å². The first-order chi connectivity index (χ1) is 16.6. The molecule has 2 amide bonds. The SMILES string of the molecule is CN(C(=O)CN1CCC(OCc2ccccc2)CC1)c1ccccc1C(=O)NCc1ccco1. The molecule has 7 nitrogen and oxygen atoms in total. The minimum Gasteiger partial charge on any atom is -0.467 e. The Morgan fingerprint density at radius 3 is 2.50 bits per heavy atom. The van der Waals surface area contributed by atoms with Gasteiger partial charge in [0.2, 0.25) is 5.91 Å². The highest BCUT2D eigenvalue weighted by molar-refractivity contribution is 6.04. The number of amides is 2. The van der Waals surface area contributed by atoms with Crippen molar-refractivity contribution in [3.05, 3.63) is 89.9 Å². The Labute approximate surface area is 200 Å². The molecule has 4 rings (SSSR count). The van der Waals surface area contributed by atoms with Gasteiger partial charge in [0.05, 0.1) is 43.3 Å². The highest BCUT2D eigenvalue weighted by atomic mass is 16.5. The van der Waals surface area contributed by atoms with Crippen LogP contribution in [0.4, 0.5) is 5.69 Å². The quantitative estimate of drug-likeness (QED) is 0.524. The summed E-state index contributed by atoms with van der Waals surface area (Å²) in [6.07, 6.45) is 3.58. The number of hydrogen-bond acceptors (Lipinski definition) is 5. The number of ether oxygens (including phenoxy) is 1. The minimum atomic E-state index is -0.247. The summed E-state index contributed by atoms with van der Waals surface area (Å²) in [6, 6.07) is 20.9. The van der Waals surface area contributed by atoms with Crippen LogP contribution in [0.15, 0.2) is 77.4 Å². The summed E-state index contributed by atoms with van der Waals surface area (Å²) in [7, 11) is 1.72. The zero-order valence-electron chi connectivity index (χ0n) is 19.5. The first-order valence-corrected chi connectivity index (χ1v) is 11.6. The summed E-state index contributed by atoms with van der Waals surface area (Å²) in [6.45, 7) is 2.84. The third kappa shape index (κ3) is 6.34. The van der Waals surface area contributed by atoms with Gasteiger partial charge >= 0.3 is 0 Å². The maximum absolute atomic E-state index is 13.0. The third-order valence-electron chi connectivity index (χ3n) is 6.11. The second-order valence-electron chi connectivity index (χ2n) is 8.50. The molecule has 0 radical (unpaired) electrons. The van der Waals surface area contributed by atoms with E-state index in [9.17, 15) is 9.59 Å². The van der Waals surface area contributed by atoms with Gasteiger partial charge in [-0.3, -0.25) is 14.5 Å². The van der Waals surface area contributed by atoms with Gasteiger partial charge in [-0.25, -0.2) is 0 Å². The number of para-hydroxylation sites is 1. The van der Waals surface area contributed by atoms with Crippen LogP contribution in [0, 0.1) is 0 Å². The van der Waals surface area contributed by atoms with E-state index in [-0.39, 0.29) is 17.9 Å². The minimum absolute atomic E-state index is 0.0464. The molecule has 3 aromatic rings.